The molecule has 0 spiro atoms. The number of carbonyl (C=O) groups is 1. The van der Waals surface area contributed by atoms with Gasteiger partial charge in [-0.1, -0.05) is 12.1 Å². The number of para-hydroxylation sites is 1. The molecule has 8 nitrogen and oxygen atoms in total. The van der Waals surface area contributed by atoms with Crippen molar-refractivity contribution in [2.24, 2.45) is 15.8 Å². The van der Waals surface area contributed by atoms with Gasteiger partial charge in [-0.25, -0.2) is 4.39 Å². The molecule has 1 amide bonds. The van der Waals surface area contributed by atoms with E-state index in [1.54, 1.807) is 30.5 Å². The molecule has 0 aliphatic heterocycles. The molecule has 0 unspecified atom stereocenters. The minimum Gasteiger partial charge on any atom is -0.397 e. The molecule has 1 aromatic heterocycles. The van der Waals surface area contributed by atoms with Crippen LogP contribution < -0.4 is 11.2 Å². The summed E-state index contributed by atoms with van der Waals surface area (Å²) < 4.78 is 13.0. The molecule has 32 heavy (non-hydrogen) atoms. The Balaban J connectivity index is 1.70. The van der Waals surface area contributed by atoms with Gasteiger partial charge in [-0.15, -0.1) is 0 Å². The molecule has 9 heteroatoms. The lowest BCUT2D eigenvalue weighted by Gasteiger charge is -2.30. The van der Waals surface area contributed by atoms with Crippen LogP contribution in [-0.2, 0) is 0 Å². The summed E-state index contributed by atoms with van der Waals surface area (Å²) in [5.41, 5.74) is 10.4. The van der Waals surface area contributed by atoms with Gasteiger partial charge < -0.3 is 16.0 Å². The molecule has 2 aromatic rings. The topological polar surface area (TPSA) is 120 Å². The van der Waals surface area contributed by atoms with E-state index >= 15 is 0 Å². The lowest BCUT2D eigenvalue weighted by molar-refractivity contribution is 0.0671. The second-order valence-corrected chi connectivity index (χ2v) is 7.35. The largest absolute Gasteiger partial charge is 0.397 e. The summed E-state index contributed by atoms with van der Waals surface area (Å²) in [6.45, 7) is 2.95. The third kappa shape index (κ3) is 5.42. The van der Waals surface area contributed by atoms with Gasteiger partial charge in [-0.3, -0.25) is 20.2 Å². The zero-order valence-electron chi connectivity index (χ0n) is 17.8. The number of hydrogen-bond donors (Lipinski definition) is 3. The summed E-state index contributed by atoms with van der Waals surface area (Å²) in [5.74, 6) is -0.521. The van der Waals surface area contributed by atoms with Gasteiger partial charge in [-0.05, 0) is 50.1 Å². The summed E-state index contributed by atoms with van der Waals surface area (Å²) in [6.07, 6.45) is 8.42. The van der Waals surface area contributed by atoms with Crippen molar-refractivity contribution in [3.8, 4) is 0 Å². The Kier molecular flexibility index (Phi) is 7.43. The average molecular weight is 436 g/mol. The third-order valence-corrected chi connectivity index (χ3v) is 5.22. The molecule has 0 saturated heterocycles. The normalized spacial score (nSPS) is 15.1. The van der Waals surface area contributed by atoms with E-state index in [4.69, 9.17) is 11.1 Å². The number of nitrogens with two attached hydrogens (primary N) is 1. The van der Waals surface area contributed by atoms with E-state index in [0.717, 1.165) is 25.3 Å². The fourth-order valence-electron chi connectivity index (χ4n) is 3.40. The number of amides is 1. The molecular formula is C23H26FN7O. The number of allylic oxidation sites excluding steroid dienone is 1. The first kappa shape index (κ1) is 22.8. The summed E-state index contributed by atoms with van der Waals surface area (Å²) in [6, 6.07) is 9.96. The van der Waals surface area contributed by atoms with Crippen LogP contribution in [0.15, 0.2) is 58.8 Å². The molecule has 4 N–H and O–H groups in total. The van der Waals surface area contributed by atoms with Gasteiger partial charge in [-0.2, -0.15) is 5.10 Å². The van der Waals surface area contributed by atoms with Crippen LogP contribution in [0.25, 0.3) is 5.70 Å². The molecule has 166 valence electrons. The smallest absolute Gasteiger partial charge is 0.256 e. The number of hydrazone groups is 1. The first-order valence-electron chi connectivity index (χ1n) is 10.3. The zero-order chi connectivity index (χ0) is 23.0. The van der Waals surface area contributed by atoms with E-state index in [-0.39, 0.29) is 11.4 Å². The van der Waals surface area contributed by atoms with Crippen LogP contribution >= 0.6 is 0 Å². The number of aliphatic imine (C=N–C) groups is 1. The predicted octanol–water partition coefficient (Wildman–Crippen LogP) is 3.33. The number of carbonyl (C=O) groups excluding carboxylic acids is 1. The van der Waals surface area contributed by atoms with E-state index in [1.165, 1.54) is 18.3 Å². The van der Waals surface area contributed by atoms with Crippen LogP contribution in [0.1, 0.15) is 35.8 Å². The van der Waals surface area contributed by atoms with Crippen molar-refractivity contribution < 1.29 is 9.18 Å². The lowest BCUT2D eigenvalue weighted by Crippen LogP contribution is -2.44. The van der Waals surface area contributed by atoms with Crippen molar-refractivity contribution in [1.82, 2.24) is 9.88 Å². The number of anilines is 1. The molecule has 0 atom stereocenters. The molecule has 3 rings (SSSR count). The Morgan fingerprint density at radius 3 is 2.75 bits per heavy atom. The van der Waals surface area contributed by atoms with Crippen LogP contribution in [0, 0.1) is 11.2 Å². The minimum absolute atomic E-state index is 0.0982. The van der Waals surface area contributed by atoms with Crippen LogP contribution in [0.5, 0.6) is 0 Å². The quantitative estimate of drug-likeness (QED) is 0.392. The van der Waals surface area contributed by atoms with E-state index in [1.807, 2.05) is 17.9 Å². The Bertz CT molecular complexity index is 1040. The van der Waals surface area contributed by atoms with Crippen molar-refractivity contribution in [2.75, 3.05) is 18.5 Å². The van der Waals surface area contributed by atoms with E-state index in [9.17, 15) is 9.18 Å². The highest BCUT2D eigenvalue weighted by molar-refractivity contribution is 6.14. The lowest BCUT2D eigenvalue weighted by atomic mass is 10.1. The number of nitrogens with zero attached hydrogens (tertiary/aromatic N) is 4. The Labute approximate surface area is 186 Å². The number of halogens is 1. The molecule has 1 heterocycles. The highest BCUT2D eigenvalue weighted by Crippen LogP contribution is 2.43. The molecule has 1 aromatic carbocycles. The molecule has 1 fully saturated rings. The average Bonchev–Trinajstić information content (AvgIpc) is 3.58. The molecular weight excluding hydrogens is 409 g/mol. The summed E-state index contributed by atoms with van der Waals surface area (Å²) in [5, 5.41) is 10.9. The highest BCUT2D eigenvalue weighted by atomic mass is 19.1. The number of pyridine rings is 1. The SMILES string of the molecule is CCN(C(=O)c1ccccc1NN=CC=N)C1(CN=CC=C(N)c2ccc(F)cn2)CC1. The van der Waals surface area contributed by atoms with Gasteiger partial charge in [0.25, 0.3) is 5.91 Å². The summed E-state index contributed by atoms with van der Waals surface area (Å²) in [7, 11) is 0. The van der Waals surface area contributed by atoms with Crippen molar-refractivity contribution in [1.29, 1.82) is 5.41 Å². The van der Waals surface area contributed by atoms with Gasteiger partial charge >= 0.3 is 0 Å². The highest BCUT2D eigenvalue weighted by Gasteiger charge is 2.49. The van der Waals surface area contributed by atoms with Crippen LogP contribution in [0.2, 0.25) is 0 Å². The standard InChI is InChI=1S/C23H26FN7O/c1-2-31(22(32)18-5-3-4-6-20(18)30-29-14-12-25)23(10-11-23)16-27-13-9-19(26)21-8-7-17(24)15-28-21/h3-9,12-15,25,30H,2,10-11,16,26H2,1H3. The van der Waals surface area contributed by atoms with Crippen molar-refractivity contribution in [2.45, 2.75) is 25.3 Å². The van der Waals surface area contributed by atoms with E-state index < -0.39 is 5.82 Å². The zero-order valence-corrected chi connectivity index (χ0v) is 17.8. The fourth-order valence-corrected chi connectivity index (χ4v) is 3.40. The Morgan fingerprint density at radius 1 is 1.31 bits per heavy atom. The maximum absolute atomic E-state index is 13.3. The number of aromatic nitrogens is 1. The number of rotatable bonds is 10. The van der Waals surface area contributed by atoms with Crippen molar-refractivity contribution in [3.05, 3.63) is 65.7 Å². The van der Waals surface area contributed by atoms with E-state index in [0.29, 0.717) is 35.7 Å². The van der Waals surface area contributed by atoms with Crippen LogP contribution in [0.3, 0.4) is 0 Å². The maximum atomic E-state index is 13.3. The van der Waals surface area contributed by atoms with Gasteiger partial charge in [0.05, 0.1) is 47.1 Å². The maximum Gasteiger partial charge on any atom is 0.256 e. The predicted molar refractivity (Wildman–Crippen MR) is 126 cm³/mol. The first-order valence-corrected chi connectivity index (χ1v) is 10.3. The Hall–Kier alpha value is -3.88. The summed E-state index contributed by atoms with van der Waals surface area (Å²) >= 11 is 0. The molecule has 1 saturated carbocycles. The van der Waals surface area contributed by atoms with Gasteiger partial charge in [0.15, 0.2) is 0 Å². The number of benzene rings is 1. The number of hydrogen-bond acceptors (Lipinski definition) is 7. The van der Waals surface area contributed by atoms with Gasteiger partial charge in [0, 0.05) is 19.0 Å². The number of nitrogens with one attached hydrogen (secondary N) is 2. The van der Waals surface area contributed by atoms with Crippen molar-refractivity contribution in [3.63, 3.8) is 0 Å². The Morgan fingerprint density at radius 2 is 2.09 bits per heavy atom. The second-order valence-electron chi connectivity index (χ2n) is 7.35. The molecule has 1 aliphatic carbocycles. The minimum atomic E-state index is -0.423. The molecule has 1 aliphatic rings. The number of likely N-dealkylation sites (N-methyl/N-ethyl adjacent to an activating group) is 1. The summed E-state index contributed by atoms with van der Waals surface area (Å²) in [4.78, 5) is 23.6. The van der Waals surface area contributed by atoms with Gasteiger partial charge in [0.1, 0.15) is 5.82 Å². The van der Waals surface area contributed by atoms with E-state index in [2.05, 4.69) is 20.5 Å². The monoisotopic (exact) mass is 435 g/mol. The molecule has 0 radical (unpaired) electrons. The fraction of sp³-hybridized carbons (Fsp3) is 0.261. The van der Waals surface area contributed by atoms with Crippen molar-refractivity contribution >= 4 is 35.9 Å². The van der Waals surface area contributed by atoms with Crippen LogP contribution in [-0.4, -0.2) is 53.1 Å². The van der Waals surface area contributed by atoms with Gasteiger partial charge in [0.2, 0.25) is 0 Å². The second kappa shape index (κ2) is 10.4. The van der Waals surface area contributed by atoms with Crippen LogP contribution in [0.4, 0.5) is 10.1 Å². The molecule has 0 bridgehead atoms. The third-order valence-electron chi connectivity index (χ3n) is 5.22. The first-order chi connectivity index (χ1) is 15.5.